The number of likely N-dealkylation sites (N-methyl/N-ethyl adjacent to an activating group) is 1. The van der Waals surface area contributed by atoms with Crippen molar-refractivity contribution >= 4 is 0 Å². The predicted octanol–water partition coefficient (Wildman–Crippen LogP) is 2.19. The lowest BCUT2D eigenvalue weighted by Crippen LogP contribution is -2.31. The van der Waals surface area contributed by atoms with E-state index in [1.165, 1.54) is 16.7 Å². The van der Waals surface area contributed by atoms with Crippen LogP contribution in [0.2, 0.25) is 0 Å². The number of aliphatic hydroxyl groups excluding tert-OH is 1. The maximum absolute atomic E-state index is 9.12. The molecule has 5 heteroatoms. The van der Waals surface area contributed by atoms with E-state index in [2.05, 4.69) is 67.5 Å². The van der Waals surface area contributed by atoms with Crippen LogP contribution in [0.25, 0.3) is 0 Å². The summed E-state index contributed by atoms with van der Waals surface area (Å²) in [4.78, 5) is 2.24. The first-order valence-electron chi connectivity index (χ1n) is 8.51. The minimum absolute atomic E-state index is 0.116. The van der Waals surface area contributed by atoms with E-state index in [0.29, 0.717) is 12.6 Å². The summed E-state index contributed by atoms with van der Waals surface area (Å²) < 4.78 is 1.88. The molecule has 0 aliphatic rings. The number of aliphatic hydroxyl groups is 1. The van der Waals surface area contributed by atoms with Gasteiger partial charge in [-0.05, 0) is 40.4 Å². The van der Waals surface area contributed by atoms with Gasteiger partial charge in [0.15, 0.2) is 0 Å². The minimum atomic E-state index is 0.116. The molecule has 0 spiro atoms. The quantitative estimate of drug-likeness (QED) is 0.779. The molecule has 5 nitrogen and oxygen atoms in total. The first-order valence-corrected chi connectivity index (χ1v) is 8.51. The van der Waals surface area contributed by atoms with Gasteiger partial charge in [0.05, 0.1) is 18.8 Å². The second kappa shape index (κ2) is 8.42. The topological polar surface area (TPSA) is 53.3 Å². The molecule has 24 heavy (non-hydrogen) atoms. The fraction of sp³-hybridized carbons (Fsp3) is 0.526. The Morgan fingerprint density at radius 2 is 1.83 bits per heavy atom. The smallest absolute Gasteiger partial charge is 0.0644 e. The highest BCUT2D eigenvalue weighted by molar-refractivity contribution is 5.26. The zero-order chi connectivity index (χ0) is 17.7. The highest BCUT2D eigenvalue weighted by Gasteiger charge is 2.15. The molecule has 1 heterocycles. The molecule has 0 aliphatic carbocycles. The van der Waals surface area contributed by atoms with Crippen molar-refractivity contribution in [1.29, 1.82) is 0 Å². The van der Waals surface area contributed by atoms with Crippen LogP contribution in [0.15, 0.2) is 24.3 Å². The van der Waals surface area contributed by atoms with Gasteiger partial charge in [0.1, 0.15) is 0 Å². The molecule has 0 amide bonds. The average molecular weight is 330 g/mol. The van der Waals surface area contributed by atoms with E-state index in [9.17, 15) is 0 Å². The van der Waals surface area contributed by atoms with E-state index in [1.807, 2.05) is 11.6 Å². The molecule has 0 bridgehead atoms. The SMILES string of the molecule is Cc1ccc(C(CNCc2c(C)nn(CCO)c2C)N(C)C)cc1. The van der Waals surface area contributed by atoms with Gasteiger partial charge in [-0.2, -0.15) is 5.10 Å². The van der Waals surface area contributed by atoms with Crippen LogP contribution < -0.4 is 5.32 Å². The van der Waals surface area contributed by atoms with E-state index < -0.39 is 0 Å². The van der Waals surface area contributed by atoms with Crippen molar-refractivity contribution < 1.29 is 5.11 Å². The standard InChI is InChI=1S/C19H30N4O/c1-14-6-8-17(9-7-14)19(22(4)5)13-20-12-18-15(2)21-23(10-11-24)16(18)3/h6-9,19-20,24H,10-13H2,1-5H3. The number of nitrogens with one attached hydrogen (secondary N) is 1. The zero-order valence-electron chi connectivity index (χ0n) is 15.5. The van der Waals surface area contributed by atoms with Crippen molar-refractivity contribution in [2.45, 2.75) is 39.9 Å². The number of aromatic nitrogens is 2. The van der Waals surface area contributed by atoms with E-state index in [-0.39, 0.29) is 6.61 Å². The molecule has 0 saturated carbocycles. The number of hydrogen-bond donors (Lipinski definition) is 2. The third kappa shape index (κ3) is 4.44. The maximum atomic E-state index is 9.12. The van der Waals surface area contributed by atoms with Crippen LogP contribution in [-0.2, 0) is 13.1 Å². The number of rotatable bonds is 8. The summed E-state index contributed by atoms with van der Waals surface area (Å²) in [5.74, 6) is 0. The minimum Gasteiger partial charge on any atom is -0.394 e. The predicted molar refractivity (Wildman–Crippen MR) is 98.1 cm³/mol. The molecule has 1 atom stereocenters. The Labute approximate surface area is 145 Å². The molecule has 1 aromatic carbocycles. The fourth-order valence-electron chi connectivity index (χ4n) is 3.02. The Hall–Kier alpha value is -1.69. The van der Waals surface area contributed by atoms with Gasteiger partial charge in [-0.25, -0.2) is 0 Å². The summed E-state index contributed by atoms with van der Waals surface area (Å²) in [6, 6.07) is 9.08. The lowest BCUT2D eigenvalue weighted by Gasteiger charge is -2.25. The third-order valence-electron chi connectivity index (χ3n) is 4.57. The van der Waals surface area contributed by atoms with Gasteiger partial charge in [-0.1, -0.05) is 29.8 Å². The van der Waals surface area contributed by atoms with Crippen LogP contribution in [0.4, 0.5) is 0 Å². The lowest BCUT2D eigenvalue weighted by atomic mass is 10.0. The molecule has 2 rings (SSSR count). The van der Waals surface area contributed by atoms with Crippen LogP contribution in [0.1, 0.15) is 34.1 Å². The Morgan fingerprint density at radius 3 is 2.42 bits per heavy atom. The summed E-state index contributed by atoms with van der Waals surface area (Å²) in [5.41, 5.74) is 6.00. The zero-order valence-corrected chi connectivity index (χ0v) is 15.5. The average Bonchev–Trinajstić information content (AvgIpc) is 2.80. The van der Waals surface area contributed by atoms with E-state index in [1.54, 1.807) is 0 Å². The molecule has 1 aromatic heterocycles. The Kier molecular flexibility index (Phi) is 6.54. The molecule has 0 radical (unpaired) electrons. The molecular formula is C19H30N4O. The summed E-state index contributed by atoms with van der Waals surface area (Å²) in [6.07, 6.45) is 0. The van der Waals surface area contributed by atoms with Gasteiger partial charge in [-0.3, -0.25) is 4.68 Å². The van der Waals surface area contributed by atoms with Gasteiger partial charge in [0.2, 0.25) is 0 Å². The van der Waals surface area contributed by atoms with Crippen LogP contribution in [0, 0.1) is 20.8 Å². The van der Waals surface area contributed by atoms with Crippen molar-refractivity contribution in [3.8, 4) is 0 Å². The number of hydrogen-bond acceptors (Lipinski definition) is 4. The van der Waals surface area contributed by atoms with Gasteiger partial charge in [0, 0.05) is 30.4 Å². The van der Waals surface area contributed by atoms with E-state index >= 15 is 0 Å². The third-order valence-corrected chi connectivity index (χ3v) is 4.57. The van der Waals surface area contributed by atoms with E-state index in [0.717, 1.165) is 24.5 Å². The molecule has 2 N–H and O–H groups in total. The summed E-state index contributed by atoms with van der Waals surface area (Å²) in [6.45, 7) is 8.54. The normalized spacial score (nSPS) is 12.8. The second-order valence-corrected chi connectivity index (χ2v) is 6.62. The first kappa shape index (κ1) is 18.6. The Morgan fingerprint density at radius 1 is 1.17 bits per heavy atom. The summed E-state index contributed by atoms with van der Waals surface area (Å²) in [7, 11) is 4.23. The first-order chi connectivity index (χ1) is 11.4. The summed E-state index contributed by atoms with van der Waals surface area (Å²) in [5, 5.41) is 17.2. The molecule has 2 aromatic rings. The molecule has 0 aliphatic heterocycles. The Balaban J connectivity index is 2.02. The van der Waals surface area contributed by atoms with Crippen molar-refractivity contribution in [2.75, 3.05) is 27.2 Å². The van der Waals surface area contributed by atoms with Crippen LogP contribution >= 0.6 is 0 Å². The Bertz CT molecular complexity index is 646. The van der Waals surface area contributed by atoms with Crippen molar-refractivity contribution in [2.24, 2.45) is 0 Å². The summed E-state index contributed by atoms with van der Waals surface area (Å²) >= 11 is 0. The number of aryl methyl sites for hydroxylation is 2. The highest BCUT2D eigenvalue weighted by Crippen LogP contribution is 2.19. The van der Waals surface area contributed by atoms with Gasteiger partial charge >= 0.3 is 0 Å². The number of nitrogens with zero attached hydrogens (tertiary/aromatic N) is 3. The van der Waals surface area contributed by atoms with Crippen molar-refractivity contribution in [3.05, 3.63) is 52.3 Å². The molecular weight excluding hydrogens is 300 g/mol. The lowest BCUT2D eigenvalue weighted by molar-refractivity contribution is 0.267. The van der Waals surface area contributed by atoms with Gasteiger partial charge < -0.3 is 15.3 Å². The largest absolute Gasteiger partial charge is 0.394 e. The molecule has 132 valence electrons. The second-order valence-electron chi connectivity index (χ2n) is 6.62. The van der Waals surface area contributed by atoms with Crippen LogP contribution in [0.5, 0.6) is 0 Å². The number of benzene rings is 1. The molecule has 0 fully saturated rings. The molecule has 0 saturated heterocycles. The van der Waals surface area contributed by atoms with Gasteiger partial charge in [-0.15, -0.1) is 0 Å². The maximum Gasteiger partial charge on any atom is 0.0644 e. The monoisotopic (exact) mass is 330 g/mol. The van der Waals surface area contributed by atoms with Crippen LogP contribution in [0.3, 0.4) is 0 Å². The van der Waals surface area contributed by atoms with E-state index in [4.69, 9.17) is 5.11 Å². The highest BCUT2D eigenvalue weighted by atomic mass is 16.3. The van der Waals surface area contributed by atoms with Crippen molar-refractivity contribution in [1.82, 2.24) is 20.0 Å². The fourth-order valence-corrected chi connectivity index (χ4v) is 3.02. The van der Waals surface area contributed by atoms with Crippen LogP contribution in [-0.4, -0.2) is 47.0 Å². The van der Waals surface area contributed by atoms with Gasteiger partial charge in [0.25, 0.3) is 0 Å². The van der Waals surface area contributed by atoms with Crippen molar-refractivity contribution in [3.63, 3.8) is 0 Å². The molecule has 1 unspecified atom stereocenters.